The molecular weight excluding hydrogens is 402 g/mol. The molecule has 3 heterocycles. The number of amides is 1. The van der Waals surface area contributed by atoms with Gasteiger partial charge in [-0.05, 0) is 42.7 Å². The van der Waals surface area contributed by atoms with Crippen LogP contribution in [0.5, 0.6) is 0 Å². The molecule has 1 aliphatic heterocycles. The highest BCUT2D eigenvalue weighted by molar-refractivity contribution is 6.02. The van der Waals surface area contributed by atoms with Gasteiger partial charge >= 0.3 is 0 Å². The van der Waals surface area contributed by atoms with Crippen LogP contribution in [0.25, 0.3) is 11.2 Å². The van der Waals surface area contributed by atoms with Crippen molar-refractivity contribution < 1.29 is 4.79 Å². The van der Waals surface area contributed by atoms with E-state index in [0.29, 0.717) is 11.2 Å². The first-order valence-corrected chi connectivity index (χ1v) is 10.1. The van der Waals surface area contributed by atoms with Crippen molar-refractivity contribution in [2.75, 3.05) is 25.0 Å². The number of H-pyrrole nitrogens is 1. The highest BCUT2D eigenvalue weighted by atomic mass is 35.5. The Balaban J connectivity index is 0.00000218. The lowest BCUT2D eigenvalue weighted by atomic mass is 9.73. The molecule has 2 aromatic heterocycles. The minimum atomic E-state index is -0.271. The van der Waals surface area contributed by atoms with E-state index in [1.54, 1.807) is 7.05 Å². The molecule has 0 saturated carbocycles. The molecule has 1 fully saturated rings. The summed E-state index contributed by atoms with van der Waals surface area (Å²) in [7, 11) is 1.58. The van der Waals surface area contributed by atoms with Gasteiger partial charge in [-0.15, -0.1) is 12.4 Å². The molecule has 1 aromatic carbocycles. The maximum Gasteiger partial charge on any atom is 0.273 e. The van der Waals surface area contributed by atoms with E-state index in [9.17, 15) is 4.79 Å². The van der Waals surface area contributed by atoms with E-state index in [2.05, 4.69) is 49.7 Å². The standard InChI is InChI=1S/C21H25N7O.ClH/c1-12-19(25-18-15(24-12)16(26-27-18)20(29)23-2)28-9-7-21(8-10-28)11-13-5-3-4-6-14(13)17(21)22;/h3-6,17H,7-11,22H2,1-2H3,(H,23,29)(H,25,26,27);1H/t17-;/m1./s1. The Kier molecular flexibility index (Phi) is 5.15. The van der Waals surface area contributed by atoms with Gasteiger partial charge in [-0.1, -0.05) is 24.3 Å². The monoisotopic (exact) mass is 427 g/mol. The number of aromatic nitrogens is 4. The smallest absolute Gasteiger partial charge is 0.273 e. The average Bonchev–Trinajstić information content (AvgIpc) is 3.27. The summed E-state index contributed by atoms with van der Waals surface area (Å²) in [6, 6.07) is 8.66. The maximum atomic E-state index is 12.0. The lowest BCUT2D eigenvalue weighted by Gasteiger charge is -2.42. The summed E-state index contributed by atoms with van der Waals surface area (Å²) in [4.78, 5) is 23.6. The first kappa shape index (κ1) is 20.6. The SMILES string of the molecule is CNC(=O)c1n[nH]c2nc(N3CCC4(CC3)Cc3ccccc3[C@H]4N)c(C)nc12.Cl. The van der Waals surface area contributed by atoms with Crippen LogP contribution in [-0.4, -0.2) is 46.2 Å². The Hall–Kier alpha value is -2.71. The molecule has 0 unspecified atom stereocenters. The molecule has 158 valence electrons. The van der Waals surface area contributed by atoms with E-state index in [4.69, 9.17) is 10.7 Å². The van der Waals surface area contributed by atoms with Crippen LogP contribution in [0.15, 0.2) is 24.3 Å². The molecule has 30 heavy (non-hydrogen) atoms. The van der Waals surface area contributed by atoms with Crippen LogP contribution in [0.2, 0.25) is 0 Å². The van der Waals surface area contributed by atoms with Gasteiger partial charge in [0.25, 0.3) is 5.91 Å². The number of fused-ring (bicyclic) bond motifs is 2. The highest BCUT2D eigenvalue weighted by Gasteiger charge is 2.46. The topological polar surface area (TPSA) is 113 Å². The summed E-state index contributed by atoms with van der Waals surface area (Å²) in [5.41, 5.74) is 11.6. The molecule has 0 radical (unpaired) electrons. The molecule has 8 nitrogen and oxygen atoms in total. The minimum absolute atomic E-state index is 0. The molecule has 1 saturated heterocycles. The van der Waals surface area contributed by atoms with Crippen molar-refractivity contribution in [3.05, 3.63) is 46.8 Å². The molecule has 1 spiro atoms. The molecule has 1 aliphatic carbocycles. The number of hydrogen-bond acceptors (Lipinski definition) is 6. The minimum Gasteiger partial charge on any atom is -0.355 e. The van der Waals surface area contributed by atoms with Crippen molar-refractivity contribution in [2.45, 2.75) is 32.2 Å². The number of piperidine rings is 1. The van der Waals surface area contributed by atoms with Crippen molar-refractivity contribution >= 4 is 35.3 Å². The first-order valence-electron chi connectivity index (χ1n) is 10.1. The predicted molar refractivity (Wildman–Crippen MR) is 118 cm³/mol. The van der Waals surface area contributed by atoms with Crippen LogP contribution >= 0.6 is 12.4 Å². The van der Waals surface area contributed by atoms with Crippen LogP contribution in [0.3, 0.4) is 0 Å². The number of aromatic amines is 1. The number of hydrogen-bond donors (Lipinski definition) is 3. The second-order valence-corrected chi connectivity index (χ2v) is 8.18. The summed E-state index contributed by atoms with van der Waals surface area (Å²) in [6.07, 6.45) is 3.10. The molecule has 3 aromatic rings. The zero-order valence-corrected chi connectivity index (χ0v) is 17.9. The van der Waals surface area contributed by atoms with Gasteiger partial charge in [-0.3, -0.25) is 9.89 Å². The number of nitrogens with two attached hydrogens (primary N) is 1. The fourth-order valence-electron chi connectivity index (χ4n) is 4.96. The summed E-state index contributed by atoms with van der Waals surface area (Å²) < 4.78 is 0. The molecule has 4 N–H and O–H groups in total. The number of benzene rings is 1. The van der Waals surface area contributed by atoms with Crippen molar-refractivity contribution in [3.8, 4) is 0 Å². The Morgan fingerprint density at radius 2 is 2.00 bits per heavy atom. The number of nitrogens with zero attached hydrogens (tertiary/aromatic N) is 4. The average molecular weight is 428 g/mol. The summed E-state index contributed by atoms with van der Waals surface area (Å²) >= 11 is 0. The van der Waals surface area contributed by atoms with Gasteiger partial charge in [-0.25, -0.2) is 9.97 Å². The number of aryl methyl sites for hydroxylation is 1. The second-order valence-electron chi connectivity index (χ2n) is 8.18. The van der Waals surface area contributed by atoms with Gasteiger partial charge < -0.3 is 16.0 Å². The van der Waals surface area contributed by atoms with Crippen molar-refractivity contribution in [3.63, 3.8) is 0 Å². The van der Waals surface area contributed by atoms with Crippen LogP contribution in [-0.2, 0) is 6.42 Å². The van der Waals surface area contributed by atoms with Crippen LogP contribution < -0.4 is 16.0 Å². The normalized spacial score (nSPS) is 19.6. The van der Waals surface area contributed by atoms with E-state index < -0.39 is 0 Å². The molecule has 2 aliphatic rings. The third-order valence-electron chi connectivity index (χ3n) is 6.64. The molecule has 0 bridgehead atoms. The lowest BCUT2D eigenvalue weighted by molar-refractivity contribution is 0.0959. The van der Waals surface area contributed by atoms with Gasteiger partial charge in [0.2, 0.25) is 0 Å². The molecule has 9 heteroatoms. The fraction of sp³-hybridized carbons (Fsp3) is 0.429. The number of rotatable bonds is 2. The van der Waals surface area contributed by atoms with Crippen LogP contribution in [0.1, 0.15) is 46.2 Å². The van der Waals surface area contributed by atoms with E-state index in [0.717, 1.165) is 43.9 Å². The lowest BCUT2D eigenvalue weighted by Crippen LogP contribution is -2.44. The second kappa shape index (κ2) is 7.52. The van der Waals surface area contributed by atoms with Crippen molar-refractivity contribution in [2.24, 2.45) is 11.1 Å². The largest absolute Gasteiger partial charge is 0.355 e. The number of halogens is 1. The quantitative estimate of drug-likeness (QED) is 0.578. The molecule has 1 amide bonds. The summed E-state index contributed by atoms with van der Waals surface area (Å²) in [5.74, 6) is 0.580. The molecule has 1 atom stereocenters. The fourth-order valence-corrected chi connectivity index (χ4v) is 4.96. The zero-order valence-electron chi connectivity index (χ0n) is 17.1. The Morgan fingerprint density at radius 3 is 2.70 bits per heavy atom. The van der Waals surface area contributed by atoms with E-state index in [-0.39, 0.29) is 35.5 Å². The highest BCUT2D eigenvalue weighted by Crippen LogP contribution is 2.51. The Labute approximate surface area is 181 Å². The van der Waals surface area contributed by atoms with Gasteiger partial charge in [0.05, 0.1) is 5.69 Å². The van der Waals surface area contributed by atoms with Gasteiger partial charge in [0.1, 0.15) is 5.52 Å². The van der Waals surface area contributed by atoms with E-state index in [1.165, 1.54) is 11.1 Å². The summed E-state index contributed by atoms with van der Waals surface area (Å²) in [5, 5.41) is 9.52. The Bertz CT molecular complexity index is 1100. The molecular formula is C21H26ClN7O. The summed E-state index contributed by atoms with van der Waals surface area (Å²) in [6.45, 7) is 3.71. The first-order chi connectivity index (χ1) is 14.0. The van der Waals surface area contributed by atoms with Gasteiger partial charge in [-0.2, -0.15) is 5.10 Å². The van der Waals surface area contributed by atoms with Crippen LogP contribution in [0.4, 0.5) is 5.82 Å². The Morgan fingerprint density at radius 1 is 1.27 bits per heavy atom. The third kappa shape index (κ3) is 3.02. The number of carbonyl (C=O) groups excluding carboxylic acids is 1. The number of nitrogens with one attached hydrogen (secondary N) is 2. The zero-order chi connectivity index (χ0) is 20.2. The van der Waals surface area contributed by atoms with Crippen molar-refractivity contribution in [1.29, 1.82) is 0 Å². The van der Waals surface area contributed by atoms with Crippen molar-refractivity contribution in [1.82, 2.24) is 25.5 Å². The van der Waals surface area contributed by atoms with Gasteiger partial charge in [0, 0.05) is 26.2 Å². The van der Waals surface area contributed by atoms with Gasteiger partial charge in [0.15, 0.2) is 17.2 Å². The third-order valence-corrected chi connectivity index (χ3v) is 6.64. The number of carbonyl (C=O) groups is 1. The predicted octanol–water partition coefficient (Wildman–Crippen LogP) is 2.29. The van der Waals surface area contributed by atoms with Crippen LogP contribution in [0, 0.1) is 12.3 Å². The van der Waals surface area contributed by atoms with E-state index in [1.807, 2.05) is 6.92 Å². The molecule has 5 rings (SSSR count). The number of anilines is 1. The maximum absolute atomic E-state index is 12.0. The van der Waals surface area contributed by atoms with E-state index >= 15 is 0 Å².